The third-order valence-electron chi connectivity index (χ3n) is 6.25. The molecule has 2 amide bonds. The predicted molar refractivity (Wildman–Crippen MR) is 119 cm³/mol. The van der Waals surface area contributed by atoms with Crippen LogP contribution < -0.4 is 14.9 Å². The van der Waals surface area contributed by atoms with E-state index in [2.05, 4.69) is 24.1 Å². The molecule has 0 aromatic heterocycles. The van der Waals surface area contributed by atoms with Gasteiger partial charge in [-0.3, -0.25) is 9.59 Å². The van der Waals surface area contributed by atoms with Gasteiger partial charge in [0.1, 0.15) is 0 Å². The van der Waals surface area contributed by atoms with Gasteiger partial charge in [-0.05, 0) is 38.0 Å². The number of carbonyl (C=O) groups excluding carboxylic acids is 2. The van der Waals surface area contributed by atoms with Gasteiger partial charge in [-0.15, -0.1) is 25.3 Å². The molecule has 8 nitrogen and oxygen atoms in total. The Kier molecular flexibility index (Phi) is 5.35. The fourth-order valence-electron chi connectivity index (χ4n) is 4.65. The standard InChI is InChI=1S/C21H26N4O4S2/c1-4-5-8-23-25-18(27)21(31)10-19(2,11-22)16(24(21)17(26)20(25,3)30)13-6-7-14-15(9-13)29-12-28-14/h6-7,9,16,23,30-31H,4-5,8,10,12H2,1-3H3/t16-,19+,20+,21-/m0/s1. The highest BCUT2D eigenvalue weighted by molar-refractivity contribution is 7.83. The molecular formula is C21H26N4O4S2. The van der Waals surface area contributed by atoms with Crippen LogP contribution in [0, 0.1) is 16.7 Å². The number of ether oxygens (including phenoxy) is 2. The van der Waals surface area contributed by atoms with Crippen LogP contribution in [0.3, 0.4) is 0 Å². The third-order valence-corrected chi connectivity index (χ3v) is 7.20. The van der Waals surface area contributed by atoms with Crippen molar-refractivity contribution < 1.29 is 19.1 Å². The highest BCUT2D eigenvalue weighted by atomic mass is 32.1. The lowest BCUT2D eigenvalue weighted by atomic mass is 9.79. The molecule has 4 atom stereocenters. The molecule has 1 aromatic rings. The maximum Gasteiger partial charge on any atom is 0.274 e. The topological polar surface area (TPSA) is 94.9 Å². The Morgan fingerprint density at radius 1 is 1.23 bits per heavy atom. The molecule has 3 aliphatic heterocycles. The number of benzene rings is 1. The van der Waals surface area contributed by atoms with Crippen molar-refractivity contribution in [3.8, 4) is 17.6 Å². The van der Waals surface area contributed by atoms with Gasteiger partial charge in [0.2, 0.25) is 6.79 Å². The monoisotopic (exact) mass is 462 g/mol. The zero-order valence-electron chi connectivity index (χ0n) is 17.7. The van der Waals surface area contributed by atoms with E-state index in [1.807, 2.05) is 6.92 Å². The fraction of sp³-hybridized carbons (Fsp3) is 0.571. The summed E-state index contributed by atoms with van der Waals surface area (Å²) in [6.45, 7) is 6.02. The number of unbranched alkanes of at least 4 members (excludes halogenated alkanes) is 1. The lowest BCUT2D eigenvalue weighted by molar-refractivity contribution is -0.169. The Labute approximate surface area is 192 Å². The van der Waals surface area contributed by atoms with E-state index in [1.54, 1.807) is 32.0 Å². The number of hydrogen-bond acceptors (Lipinski definition) is 8. The Morgan fingerprint density at radius 3 is 2.61 bits per heavy atom. The van der Waals surface area contributed by atoms with E-state index in [4.69, 9.17) is 22.1 Å². The molecule has 0 spiro atoms. The van der Waals surface area contributed by atoms with Crippen molar-refractivity contribution >= 4 is 37.1 Å². The molecule has 166 valence electrons. The molecule has 31 heavy (non-hydrogen) atoms. The SMILES string of the molecule is CCCCNN1C(=O)[C@@]2(S)C[C@](C)(C#N)[C@H](c3ccc4c(c3)OCO4)N2C(=O)[C@@]1(C)S. The van der Waals surface area contributed by atoms with Crippen LogP contribution in [-0.4, -0.2) is 44.8 Å². The first-order chi connectivity index (χ1) is 14.6. The Hall–Kier alpha value is -2.09. The van der Waals surface area contributed by atoms with Crippen LogP contribution in [0.15, 0.2) is 18.2 Å². The third kappa shape index (κ3) is 3.17. The number of carbonyl (C=O) groups is 2. The van der Waals surface area contributed by atoms with Crippen molar-refractivity contribution in [1.29, 1.82) is 5.26 Å². The average molecular weight is 463 g/mol. The van der Waals surface area contributed by atoms with Gasteiger partial charge in [-0.2, -0.15) is 5.26 Å². The Morgan fingerprint density at radius 2 is 1.94 bits per heavy atom. The molecule has 0 aliphatic carbocycles. The minimum absolute atomic E-state index is 0.0824. The second-order valence-corrected chi connectivity index (χ2v) is 10.2. The number of nitrogens with one attached hydrogen (secondary N) is 1. The summed E-state index contributed by atoms with van der Waals surface area (Å²) in [6, 6.07) is 6.96. The van der Waals surface area contributed by atoms with Gasteiger partial charge in [0.15, 0.2) is 21.2 Å². The second kappa shape index (κ2) is 7.50. The van der Waals surface area contributed by atoms with Crippen molar-refractivity contribution in [3.05, 3.63) is 23.8 Å². The van der Waals surface area contributed by atoms with Crippen molar-refractivity contribution in [2.24, 2.45) is 5.41 Å². The lowest BCUT2D eigenvalue weighted by Crippen LogP contribution is -2.73. The Bertz CT molecular complexity index is 981. The molecule has 0 saturated carbocycles. The van der Waals surface area contributed by atoms with Crippen LogP contribution in [0.25, 0.3) is 0 Å². The summed E-state index contributed by atoms with van der Waals surface area (Å²) in [6.07, 6.45) is 1.85. The van der Waals surface area contributed by atoms with Crippen LogP contribution in [0.4, 0.5) is 0 Å². The summed E-state index contributed by atoms with van der Waals surface area (Å²) in [5, 5.41) is 11.4. The molecule has 10 heteroatoms. The van der Waals surface area contributed by atoms with Crippen molar-refractivity contribution in [2.75, 3.05) is 13.3 Å². The number of nitriles is 1. The molecule has 2 saturated heterocycles. The van der Waals surface area contributed by atoms with Crippen molar-refractivity contribution in [2.45, 2.75) is 55.8 Å². The van der Waals surface area contributed by atoms with E-state index in [0.717, 1.165) is 12.8 Å². The summed E-state index contributed by atoms with van der Waals surface area (Å²) in [4.78, 5) is 25.9. The van der Waals surface area contributed by atoms with Crippen LogP contribution in [-0.2, 0) is 9.59 Å². The zero-order chi connectivity index (χ0) is 22.6. The molecule has 0 radical (unpaired) electrons. The molecule has 4 rings (SSSR count). The van der Waals surface area contributed by atoms with Crippen LogP contribution in [0.5, 0.6) is 11.5 Å². The number of thiol groups is 2. The minimum atomic E-state index is -1.48. The zero-order valence-corrected chi connectivity index (χ0v) is 19.5. The highest BCUT2D eigenvalue weighted by Gasteiger charge is 2.69. The van der Waals surface area contributed by atoms with Gasteiger partial charge in [0.25, 0.3) is 11.8 Å². The number of amides is 2. The van der Waals surface area contributed by atoms with Crippen molar-refractivity contribution in [3.63, 3.8) is 0 Å². The molecule has 1 N–H and O–H groups in total. The van der Waals surface area contributed by atoms with E-state index in [-0.39, 0.29) is 13.2 Å². The number of nitrogens with zero attached hydrogens (tertiary/aromatic N) is 3. The van der Waals surface area contributed by atoms with E-state index in [0.29, 0.717) is 23.6 Å². The number of hydrogen-bond donors (Lipinski definition) is 3. The first-order valence-electron chi connectivity index (χ1n) is 10.3. The predicted octanol–water partition coefficient (Wildman–Crippen LogP) is 2.64. The number of piperazine rings is 1. The smallest absolute Gasteiger partial charge is 0.274 e. The average Bonchev–Trinajstić information content (AvgIpc) is 3.29. The lowest BCUT2D eigenvalue weighted by Gasteiger charge is -2.51. The van der Waals surface area contributed by atoms with Gasteiger partial charge in [0.05, 0.1) is 17.5 Å². The molecule has 0 unspecified atom stereocenters. The minimum Gasteiger partial charge on any atom is -0.454 e. The second-order valence-electron chi connectivity index (χ2n) is 8.64. The quantitative estimate of drug-likeness (QED) is 0.460. The Balaban J connectivity index is 1.80. The molecular weight excluding hydrogens is 436 g/mol. The summed E-state index contributed by atoms with van der Waals surface area (Å²) in [5.74, 6) is 0.357. The largest absolute Gasteiger partial charge is 0.454 e. The van der Waals surface area contributed by atoms with E-state index in [1.165, 1.54) is 9.91 Å². The molecule has 1 aromatic carbocycles. The number of hydrazine groups is 1. The maximum atomic E-state index is 13.7. The molecule has 0 bridgehead atoms. The van der Waals surface area contributed by atoms with Crippen LogP contribution in [0.2, 0.25) is 0 Å². The highest BCUT2D eigenvalue weighted by Crippen LogP contribution is 2.59. The summed E-state index contributed by atoms with van der Waals surface area (Å²) >= 11 is 9.32. The molecule has 2 fully saturated rings. The number of fused-ring (bicyclic) bond motifs is 2. The fourth-order valence-corrected chi connectivity index (χ4v) is 5.56. The van der Waals surface area contributed by atoms with E-state index < -0.39 is 33.0 Å². The normalized spacial score (nSPS) is 34.1. The first kappa shape index (κ1) is 22.1. The first-order valence-corrected chi connectivity index (χ1v) is 11.2. The van der Waals surface area contributed by atoms with E-state index in [9.17, 15) is 14.9 Å². The summed E-state index contributed by atoms with van der Waals surface area (Å²) < 4.78 is 10.9. The van der Waals surface area contributed by atoms with Gasteiger partial charge < -0.3 is 14.4 Å². The van der Waals surface area contributed by atoms with Gasteiger partial charge in [-0.25, -0.2) is 10.4 Å². The van der Waals surface area contributed by atoms with Gasteiger partial charge in [-0.1, -0.05) is 19.4 Å². The number of rotatable bonds is 5. The van der Waals surface area contributed by atoms with Crippen LogP contribution in [0.1, 0.15) is 51.6 Å². The summed E-state index contributed by atoms with van der Waals surface area (Å²) in [7, 11) is 0. The van der Waals surface area contributed by atoms with Gasteiger partial charge in [0, 0.05) is 13.0 Å². The molecule has 3 aliphatic rings. The maximum absolute atomic E-state index is 13.7. The molecule has 3 heterocycles. The van der Waals surface area contributed by atoms with E-state index >= 15 is 0 Å². The van der Waals surface area contributed by atoms with Crippen LogP contribution >= 0.6 is 25.3 Å². The van der Waals surface area contributed by atoms with Crippen molar-refractivity contribution in [1.82, 2.24) is 15.3 Å². The van der Waals surface area contributed by atoms with Gasteiger partial charge >= 0.3 is 0 Å². The summed E-state index contributed by atoms with van der Waals surface area (Å²) in [5.41, 5.74) is 2.69.